The van der Waals surface area contributed by atoms with Crippen LogP contribution in [0.1, 0.15) is 16.2 Å². The highest BCUT2D eigenvalue weighted by atomic mass is 16.5. The summed E-state index contributed by atoms with van der Waals surface area (Å²) in [5.74, 6) is 1.21. The van der Waals surface area contributed by atoms with E-state index in [0.29, 0.717) is 25.3 Å². The number of hydrogen-bond donors (Lipinski definition) is 1. The number of hydrogen-bond acceptors (Lipinski definition) is 3. The normalized spacial score (nSPS) is 17.7. The third kappa shape index (κ3) is 2.69. The maximum absolute atomic E-state index is 13.0. The average Bonchev–Trinajstić information content (AvgIpc) is 3.19. The summed E-state index contributed by atoms with van der Waals surface area (Å²) < 4.78 is 7.45. The van der Waals surface area contributed by atoms with Gasteiger partial charge < -0.3 is 19.2 Å². The van der Waals surface area contributed by atoms with Gasteiger partial charge in [0.25, 0.3) is 5.91 Å². The lowest BCUT2D eigenvalue weighted by Gasteiger charge is -2.23. The highest BCUT2D eigenvalue weighted by Crippen LogP contribution is 2.20. The molecule has 0 saturated carbocycles. The van der Waals surface area contributed by atoms with Gasteiger partial charge in [-0.2, -0.15) is 0 Å². The molecule has 0 radical (unpaired) electrons. The summed E-state index contributed by atoms with van der Waals surface area (Å²) in [5.41, 5.74) is 1.74. The van der Waals surface area contributed by atoms with Crippen LogP contribution in [0.3, 0.4) is 0 Å². The van der Waals surface area contributed by atoms with Crippen LogP contribution in [0.2, 0.25) is 0 Å². The number of methoxy groups -OCH3 is 1. The minimum absolute atomic E-state index is 0.0376. The number of ether oxygens (including phenoxy) is 1. The largest absolute Gasteiger partial charge is 0.384 e. The molecule has 0 aliphatic carbocycles. The van der Waals surface area contributed by atoms with Crippen molar-refractivity contribution in [2.45, 2.75) is 13.1 Å². The molecule has 0 saturated heterocycles. The Morgan fingerprint density at radius 3 is 3.17 bits per heavy atom. The van der Waals surface area contributed by atoms with Crippen molar-refractivity contribution in [1.82, 2.24) is 19.4 Å². The molecule has 4 rings (SSSR count). The Balaban J connectivity index is 1.64. The average molecular weight is 324 g/mol. The zero-order valence-corrected chi connectivity index (χ0v) is 13.6. The number of nitrogens with one attached hydrogen (secondary N) is 1. The topological polar surface area (TPSA) is 63.1 Å². The summed E-state index contributed by atoms with van der Waals surface area (Å²) in [7, 11) is 1.70. The number of nitrogens with zero attached hydrogens (tertiary/aromatic N) is 3. The molecule has 3 heterocycles. The molecule has 6 heteroatoms. The van der Waals surface area contributed by atoms with Crippen LogP contribution in [0.25, 0.3) is 10.9 Å². The summed E-state index contributed by atoms with van der Waals surface area (Å²) in [6.07, 6.45) is 5.65. The second-order valence-corrected chi connectivity index (χ2v) is 6.28. The monoisotopic (exact) mass is 324 g/mol. The number of H-pyrrole nitrogens is 1. The van der Waals surface area contributed by atoms with Crippen molar-refractivity contribution in [1.29, 1.82) is 0 Å². The van der Waals surface area contributed by atoms with E-state index >= 15 is 0 Å². The van der Waals surface area contributed by atoms with Gasteiger partial charge in [0.1, 0.15) is 5.82 Å². The van der Waals surface area contributed by atoms with E-state index in [-0.39, 0.29) is 11.8 Å². The summed E-state index contributed by atoms with van der Waals surface area (Å²) in [6.45, 7) is 2.64. The Labute approximate surface area is 140 Å². The molecular weight excluding hydrogens is 304 g/mol. The van der Waals surface area contributed by atoms with Crippen molar-refractivity contribution in [3.63, 3.8) is 0 Å². The minimum Gasteiger partial charge on any atom is -0.384 e. The number of rotatable bonds is 3. The van der Waals surface area contributed by atoms with Gasteiger partial charge in [0.15, 0.2) is 0 Å². The molecule has 2 aromatic heterocycles. The summed E-state index contributed by atoms with van der Waals surface area (Å²) in [5, 5.41) is 1.05. The smallest absolute Gasteiger partial charge is 0.254 e. The molecule has 0 spiro atoms. The van der Waals surface area contributed by atoms with E-state index in [9.17, 15) is 4.79 Å². The van der Waals surface area contributed by atoms with Gasteiger partial charge in [-0.1, -0.05) is 0 Å². The lowest BCUT2D eigenvalue weighted by Crippen LogP contribution is -2.35. The lowest BCUT2D eigenvalue weighted by molar-refractivity contribution is 0.0666. The number of carbonyl (C=O) groups is 1. The first-order valence-electron chi connectivity index (χ1n) is 8.10. The molecule has 1 amide bonds. The predicted molar refractivity (Wildman–Crippen MR) is 90.6 cm³/mol. The number of benzene rings is 1. The van der Waals surface area contributed by atoms with E-state index in [2.05, 4.69) is 14.5 Å². The predicted octanol–water partition coefficient (Wildman–Crippen LogP) is 2.28. The summed E-state index contributed by atoms with van der Waals surface area (Å²) in [4.78, 5) is 22.5. The highest BCUT2D eigenvalue weighted by Gasteiger charge is 2.26. The van der Waals surface area contributed by atoms with Gasteiger partial charge in [0.2, 0.25) is 0 Å². The fraction of sp³-hybridized carbons (Fsp3) is 0.333. The number of carbonyl (C=O) groups excluding carboxylic acids is 1. The highest BCUT2D eigenvalue weighted by molar-refractivity contribution is 5.98. The first-order valence-corrected chi connectivity index (χ1v) is 8.10. The van der Waals surface area contributed by atoms with Gasteiger partial charge in [-0.25, -0.2) is 4.98 Å². The van der Waals surface area contributed by atoms with E-state index in [1.54, 1.807) is 13.3 Å². The molecule has 0 fully saturated rings. The maximum atomic E-state index is 13.0. The van der Waals surface area contributed by atoms with Crippen molar-refractivity contribution in [2.24, 2.45) is 5.92 Å². The molecule has 1 atom stereocenters. The van der Waals surface area contributed by atoms with Gasteiger partial charge in [0.05, 0.1) is 13.2 Å². The van der Waals surface area contributed by atoms with Crippen LogP contribution in [0, 0.1) is 5.92 Å². The molecule has 3 aromatic rings. The molecule has 0 bridgehead atoms. The molecule has 6 nitrogen and oxygen atoms in total. The summed E-state index contributed by atoms with van der Waals surface area (Å²) >= 11 is 0. The quantitative estimate of drug-likeness (QED) is 0.804. The first kappa shape index (κ1) is 15.0. The van der Waals surface area contributed by atoms with Gasteiger partial charge in [0, 0.05) is 61.2 Å². The molecule has 124 valence electrons. The van der Waals surface area contributed by atoms with E-state index < -0.39 is 0 Å². The van der Waals surface area contributed by atoms with Gasteiger partial charge >= 0.3 is 0 Å². The van der Waals surface area contributed by atoms with Gasteiger partial charge in [-0.05, 0) is 24.3 Å². The van der Waals surface area contributed by atoms with Gasteiger partial charge in [-0.3, -0.25) is 4.79 Å². The standard InChI is InChI=1S/C18H20N4O2/c1-24-12-13-9-21-7-6-20-17(21)11-22(10-13)18(23)15-2-3-16-14(8-15)4-5-19-16/h2-8,13,19H,9-12H2,1H3/t13-/m0/s1. The molecule has 1 aliphatic heterocycles. The Morgan fingerprint density at radius 1 is 1.38 bits per heavy atom. The van der Waals surface area contributed by atoms with Crippen molar-refractivity contribution >= 4 is 16.8 Å². The third-order valence-corrected chi connectivity index (χ3v) is 4.56. The molecular formula is C18H20N4O2. The number of fused-ring (bicyclic) bond motifs is 2. The van der Waals surface area contributed by atoms with Crippen LogP contribution in [-0.2, 0) is 17.8 Å². The van der Waals surface area contributed by atoms with Crippen LogP contribution in [-0.4, -0.2) is 45.6 Å². The first-order chi connectivity index (χ1) is 11.7. The SMILES string of the molecule is COC[C@@H]1CN(C(=O)c2ccc3[nH]ccc3c2)Cc2nccn2C1. The Hall–Kier alpha value is -2.60. The van der Waals surface area contributed by atoms with E-state index in [1.165, 1.54) is 0 Å². The van der Waals surface area contributed by atoms with Crippen LogP contribution in [0.15, 0.2) is 42.9 Å². The van der Waals surface area contributed by atoms with Crippen molar-refractivity contribution in [2.75, 3.05) is 20.3 Å². The van der Waals surface area contributed by atoms with Crippen molar-refractivity contribution < 1.29 is 9.53 Å². The summed E-state index contributed by atoms with van der Waals surface area (Å²) in [6, 6.07) is 7.75. The number of aromatic nitrogens is 3. The fourth-order valence-corrected chi connectivity index (χ4v) is 3.41. The van der Waals surface area contributed by atoms with Crippen molar-refractivity contribution in [3.8, 4) is 0 Å². The lowest BCUT2D eigenvalue weighted by atomic mass is 10.1. The minimum atomic E-state index is 0.0376. The van der Waals surface area contributed by atoms with Crippen LogP contribution in [0.5, 0.6) is 0 Å². The molecule has 0 unspecified atom stereocenters. The second-order valence-electron chi connectivity index (χ2n) is 6.28. The van der Waals surface area contributed by atoms with E-state index in [1.807, 2.05) is 41.6 Å². The van der Waals surface area contributed by atoms with Crippen LogP contribution in [0.4, 0.5) is 0 Å². The second kappa shape index (κ2) is 6.13. The fourth-order valence-electron chi connectivity index (χ4n) is 3.41. The zero-order valence-electron chi connectivity index (χ0n) is 13.6. The maximum Gasteiger partial charge on any atom is 0.254 e. The molecule has 1 aromatic carbocycles. The van der Waals surface area contributed by atoms with Gasteiger partial charge in [-0.15, -0.1) is 0 Å². The van der Waals surface area contributed by atoms with Crippen LogP contribution >= 0.6 is 0 Å². The molecule has 1 N–H and O–H groups in total. The Bertz CT molecular complexity index is 867. The zero-order chi connectivity index (χ0) is 16.5. The third-order valence-electron chi connectivity index (χ3n) is 4.56. The van der Waals surface area contributed by atoms with Crippen LogP contribution < -0.4 is 0 Å². The van der Waals surface area contributed by atoms with E-state index in [4.69, 9.17) is 4.74 Å². The Morgan fingerprint density at radius 2 is 2.29 bits per heavy atom. The Kier molecular flexibility index (Phi) is 3.82. The number of imidazole rings is 1. The molecule has 1 aliphatic rings. The molecule has 24 heavy (non-hydrogen) atoms. The van der Waals surface area contributed by atoms with E-state index in [0.717, 1.165) is 23.3 Å². The number of amides is 1. The number of aromatic amines is 1. The van der Waals surface area contributed by atoms with Crippen molar-refractivity contribution in [3.05, 3.63) is 54.2 Å².